The number of ether oxygens (including phenoxy) is 2. The van der Waals surface area contributed by atoms with Crippen LogP contribution in [0, 0.1) is 35.0 Å². The highest BCUT2D eigenvalue weighted by atomic mass is 16.5. The number of benzene rings is 2. The van der Waals surface area contributed by atoms with Crippen molar-refractivity contribution in [1.29, 1.82) is 0 Å². The summed E-state index contributed by atoms with van der Waals surface area (Å²) in [6.07, 6.45) is 5.37. The van der Waals surface area contributed by atoms with E-state index in [0.717, 1.165) is 63.6 Å². The highest BCUT2D eigenvalue weighted by Gasteiger charge is 2.49. The fourth-order valence-corrected chi connectivity index (χ4v) is 10.4. The molecule has 2 aromatic rings. The zero-order valence-corrected chi connectivity index (χ0v) is 33.6. The first-order chi connectivity index (χ1) is 27.4. The number of hydrogen-bond donors (Lipinski definition) is 8. The van der Waals surface area contributed by atoms with Crippen LogP contribution in [0.1, 0.15) is 93.9 Å². The van der Waals surface area contributed by atoms with Crippen LogP contribution in [0.2, 0.25) is 0 Å². The van der Waals surface area contributed by atoms with Gasteiger partial charge in [0.1, 0.15) is 12.2 Å². The minimum atomic E-state index is -1.00. The zero-order valence-electron chi connectivity index (χ0n) is 33.6. The Balaban J connectivity index is 1.39. The van der Waals surface area contributed by atoms with Gasteiger partial charge in [0.2, 0.25) is 0 Å². The number of nitrogens with two attached hydrogens (primary N) is 1. The smallest absolute Gasteiger partial charge is 0.302 e. The molecule has 2 aromatic carbocycles. The van der Waals surface area contributed by atoms with Gasteiger partial charge in [-0.2, -0.15) is 0 Å². The Morgan fingerprint density at radius 1 is 1.09 bits per heavy atom. The van der Waals surface area contributed by atoms with E-state index < -0.39 is 35.6 Å². The number of aromatic hydroxyl groups is 1. The Bertz CT molecular complexity index is 1830. The molecular formula is C45H63N5O7. The number of nitrogens with zero attached hydrogens (tertiary/aromatic N) is 1. The molecule has 3 heterocycles. The number of aliphatic hydroxyl groups excluding tert-OH is 3. The number of aliphatic imine (C=N–C) groups is 1. The van der Waals surface area contributed by atoms with Gasteiger partial charge < -0.3 is 51.6 Å². The summed E-state index contributed by atoms with van der Waals surface area (Å²) in [6.45, 7) is 5.16. The van der Waals surface area contributed by atoms with Gasteiger partial charge in [-0.05, 0) is 125 Å². The third kappa shape index (κ3) is 9.72. The lowest BCUT2D eigenvalue weighted by molar-refractivity contribution is -0.152. The molecule has 57 heavy (non-hydrogen) atoms. The van der Waals surface area contributed by atoms with E-state index in [1.165, 1.54) is 18.1 Å². The summed E-state index contributed by atoms with van der Waals surface area (Å²) < 4.78 is 12.9. The first-order valence-electron chi connectivity index (χ1n) is 21.2. The van der Waals surface area contributed by atoms with Crippen molar-refractivity contribution in [3.05, 3.63) is 58.7 Å². The average molecular weight is 786 g/mol. The molecule has 9 N–H and O–H groups in total. The molecule has 0 radical (unpaired) electrons. The largest absolute Gasteiger partial charge is 0.504 e. The number of guanidine groups is 1. The van der Waals surface area contributed by atoms with Gasteiger partial charge in [0.25, 0.3) is 0 Å². The standard InChI is InChI=1S/C45H63N5O7/c1-28(52)44-13-8-33-19-32-6-7-42(47-15-10-30-4-3-5-31(18-30)11-16-48-43(46)49-27-44)45(24-32)25-37(12-17-50-45)57-41-22-34(35(26-51)21-39(41)55)20-38(33)40(56-29(2)53)23-36(54)9-14-44/h3-5,18,21-22,28,32-33,36-38,40,42,47,50-52,54-55H,6-7,9-12,14-17,19-20,23-27H2,1-2H3,(H3,46,48,49). The minimum absolute atomic E-state index is 0.0258. The molecule has 1 spiro atoms. The van der Waals surface area contributed by atoms with E-state index in [-0.39, 0.29) is 60.8 Å². The van der Waals surface area contributed by atoms with Gasteiger partial charge in [-0.15, -0.1) is 0 Å². The molecule has 10 unspecified atom stereocenters. The molecule has 10 bridgehead atoms. The molecule has 310 valence electrons. The summed E-state index contributed by atoms with van der Waals surface area (Å²) in [7, 11) is 0. The van der Waals surface area contributed by atoms with Gasteiger partial charge in [0.05, 0.1) is 30.8 Å². The minimum Gasteiger partial charge on any atom is -0.504 e. The number of fused-ring (bicyclic) bond motifs is 8. The molecule has 7 rings (SSSR count). The highest BCUT2D eigenvalue weighted by molar-refractivity contribution is 5.77. The molecule has 10 atom stereocenters. The van der Waals surface area contributed by atoms with Crippen LogP contribution >= 0.6 is 0 Å². The lowest BCUT2D eigenvalue weighted by Gasteiger charge is -2.52. The van der Waals surface area contributed by atoms with Crippen LogP contribution in [0.25, 0.3) is 0 Å². The average Bonchev–Trinajstić information content (AvgIpc) is 3.17. The Hall–Kier alpha value is -3.86. The SMILES string of the molecule is CC(=O)OC1CC(O)CCC2(C(C)O)C#CC3CC4CCC(NCCc5cccc(c5)CCNC(N)=NC2)C2(C4)CC(CCN2)Oc2cc(c(CO)cc2O)CC31. The number of carbonyl (C=O) groups is 1. The van der Waals surface area contributed by atoms with Crippen molar-refractivity contribution in [2.75, 3.05) is 26.2 Å². The maximum atomic E-state index is 12.8. The van der Waals surface area contributed by atoms with Gasteiger partial charge in [-0.1, -0.05) is 36.1 Å². The number of aliphatic hydroxyl groups is 3. The molecule has 2 fully saturated rings. The number of rotatable bonds is 3. The maximum absolute atomic E-state index is 12.8. The Morgan fingerprint density at radius 3 is 2.67 bits per heavy atom. The van der Waals surface area contributed by atoms with Crippen molar-refractivity contribution in [2.45, 2.75) is 134 Å². The molecular weight excluding hydrogens is 723 g/mol. The van der Waals surface area contributed by atoms with Gasteiger partial charge in [-0.3, -0.25) is 9.79 Å². The summed E-state index contributed by atoms with van der Waals surface area (Å²) in [6, 6.07) is 12.3. The van der Waals surface area contributed by atoms with E-state index in [4.69, 9.17) is 20.2 Å². The van der Waals surface area contributed by atoms with E-state index >= 15 is 0 Å². The van der Waals surface area contributed by atoms with E-state index in [1.54, 1.807) is 13.0 Å². The van der Waals surface area contributed by atoms with Crippen molar-refractivity contribution < 1.29 is 34.7 Å². The molecule has 1 saturated heterocycles. The van der Waals surface area contributed by atoms with Crippen LogP contribution in [-0.2, 0) is 35.4 Å². The van der Waals surface area contributed by atoms with Crippen molar-refractivity contribution in [3.63, 3.8) is 0 Å². The van der Waals surface area contributed by atoms with Crippen LogP contribution in [0.15, 0.2) is 41.4 Å². The molecule has 5 aliphatic rings. The van der Waals surface area contributed by atoms with Crippen molar-refractivity contribution in [1.82, 2.24) is 16.0 Å². The normalized spacial score (nSPS) is 34.1. The van der Waals surface area contributed by atoms with Gasteiger partial charge in [0, 0.05) is 49.7 Å². The van der Waals surface area contributed by atoms with E-state index in [0.29, 0.717) is 43.5 Å². The van der Waals surface area contributed by atoms with Gasteiger partial charge in [0.15, 0.2) is 17.5 Å². The molecule has 2 aliphatic carbocycles. The number of piperidine rings is 1. The lowest BCUT2D eigenvalue weighted by atomic mass is 9.64. The van der Waals surface area contributed by atoms with Crippen LogP contribution in [0.4, 0.5) is 0 Å². The maximum Gasteiger partial charge on any atom is 0.302 e. The summed E-state index contributed by atoms with van der Waals surface area (Å²) in [4.78, 5) is 17.6. The zero-order chi connectivity index (χ0) is 40.2. The monoisotopic (exact) mass is 785 g/mol. The van der Waals surface area contributed by atoms with E-state index in [9.17, 15) is 25.2 Å². The summed E-state index contributed by atoms with van der Waals surface area (Å²) in [5.41, 5.74) is 8.97. The topological polar surface area (TPSA) is 191 Å². The summed E-state index contributed by atoms with van der Waals surface area (Å²) in [5, 5.41) is 56.3. The van der Waals surface area contributed by atoms with Crippen LogP contribution < -0.4 is 26.4 Å². The van der Waals surface area contributed by atoms with Crippen LogP contribution in [0.5, 0.6) is 11.5 Å². The first kappa shape index (κ1) is 41.3. The Morgan fingerprint density at radius 2 is 1.89 bits per heavy atom. The highest BCUT2D eigenvalue weighted by Crippen LogP contribution is 2.46. The third-order valence-corrected chi connectivity index (χ3v) is 13.6. The van der Waals surface area contributed by atoms with Crippen molar-refractivity contribution in [3.8, 4) is 23.3 Å². The predicted molar refractivity (Wildman–Crippen MR) is 218 cm³/mol. The number of carbonyl (C=O) groups excluding carboxylic acids is 1. The fourth-order valence-electron chi connectivity index (χ4n) is 10.4. The third-order valence-electron chi connectivity index (χ3n) is 13.6. The quantitative estimate of drug-likeness (QED) is 0.169. The van der Waals surface area contributed by atoms with Crippen molar-refractivity contribution >= 4 is 11.9 Å². The Kier molecular flexibility index (Phi) is 13.0. The number of nitrogens with one attached hydrogen (secondary N) is 3. The molecule has 1 saturated carbocycles. The van der Waals surface area contributed by atoms with E-state index in [2.05, 4.69) is 52.1 Å². The van der Waals surface area contributed by atoms with Gasteiger partial charge in [-0.25, -0.2) is 0 Å². The molecule has 3 aliphatic heterocycles. The predicted octanol–water partition coefficient (Wildman–Crippen LogP) is 3.24. The van der Waals surface area contributed by atoms with Crippen molar-refractivity contribution in [2.24, 2.45) is 33.9 Å². The summed E-state index contributed by atoms with van der Waals surface area (Å²) in [5.74, 6) is 6.98. The second-order valence-corrected chi connectivity index (χ2v) is 17.6. The van der Waals surface area contributed by atoms with Crippen LogP contribution in [0.3, 0.4) is 0 Å². The second-order valence-electron chi connectivity index (χ2n) is 17.6. The first-order valence-corrected chi connectivity index (χ1v) is 21.2. The van der Waals surface area contributed by atoms with E-state index in [1.807, 2.05) is 6.07 Å². The molecule has 12 nitrogen and oxygen atoms in total. The van der Waals surface area contributed by atoms with Crippen LogP contribution in [-0.4, -0.2) is 94.5 Å². The Labute approximate surface area is 337 Å². The number of esters is 1. The second kappa shape index (κ2) is 18.0. The lowest BCUT2D eigenvalue weighted by Crippen LogP contribution is -2.66. The summed E-state index contributed by atoms with van der Waals surface area (Å²) >= 11 is 0. The molecule has 0 aromatic heterocycles. The van der Waals surface area contributed by atoms with Gasteiger partial charge >= 0.3 is 5.97 Å². The molecule has 0 amide bonds. The number of phenolic OH excluding ortho intramolecular Hbond substituents is 1. The molecule has 12 heteroatoms. The number of hydrogen-bond acceptors (Lipinski definition) is 12. The number of phenols is 1. The fraction of sp³-hybridized carbons (Fsp3) is 0.644.